The first-order valence-electron chi connectivity index (χ1n) is 11.2. The number of nitrogens with zero attached hydrogens (tertiary/aromatic N) is 3. The van der Waals surface area contributed by atoms with Gasteiger partial charge in [0.1, 0.15) is 6.10 Å². The zero-order chi connectivity index (χ0) is 21.5. The Balaban J connectivity index is 0.00000289. The van der Waals surface area contributed by atoms with Gasteiger partial charge in [0.2, 0.25) is 11.8 Å². The number of nitrogens with one attached hydrogen (secondary N) is 2. The van der Waals surface area contributed by atoms with Gasteiger partial charge in [-0.2, -0.15) is 0 Å². The fraction of sp³-hybridized carbons (Fsp3) is 0.458. The highest BCUT2D eigenvalue weighted by Gasteiger charge is 2.21. The molecule has 0 atom stereocenters. The molecule has 1 aromatic carbocycles. The number of carbonyl (C=O) groups excluding carboxylic acids is 1. The smallest absolute Gasteiger partial charge is 0.227 e. The molecule has 1 saturated heterocycles. The summed E-state index contributed by atoms with van der Waals surface area (Å²) in [4.78, 5) is 22.4. The lowest BCUT2D eigenvalue weighted by Crippen LogP contribution is -2.36. The molecule has 0 unspecified atom stereocenters. The number of aromatic nitrogens is 1. The molecule has 0 bridgehead atoms. The third kappa shape index (κ3) is 6.57. The van der Waals surface area contributed by atoms with Crippen LogP contribution in [0.15, 0.2) is 47.6 Å². The molecule has 1 aromatic heterocycles. The molecule has 8 heteroatoms. The summed E-state index contributed by atoms with van der Waals surface area (Å²) < 4.78 is 6.00. The topological polar surface area (TPSA) is 78.9 Å². The average Bonchev–Trinajstić information content (AvgIpc) is 3.46. The highest BCUT2D eigenvalue weighted by atomic mass is 127. The van der Waals surface area contributed by atoms with E-state index in [1.165, 1.54) is 12.8 Å². The minimum Gasteiger partial charge on any atom is -0.474 e. The first-order valence-corrected chi connectivity index (χ1v) is 11.2. The summed E-state index contributed by atoms with van der Waals surface area (Å²) in [6.45, 7) is 2.11. The number of amides is 1. The highest BCUT2D eigenvalue weighted by Crippen LogP contribution is 2.23. The second kappa shape index (κ2) is 12.0. The second-order valence-corrected chi connectivity index (χ2v) is 8.12. The summed E-state index contributed by atoms with van der Waals surface area (Å²) in [7, 11) is 1.76. The van der Waals surface area contributed by atoms with Crippen LogP contribution in [0.5, 0.6) is 5.88 Å². The Hall–Kier alpha value is -2.36. The van der Waals surface area contributed by atoms with Crippen LogP contribution in [-0.4, -0.2) is 36.5 Å². The van der Waals surface area contributed by atoms with E-state index in [4.69, 9.17) is 4.74 Å². The number of rotatable bonds is 7. The lowest BCUT2D eigenvalue weighted by molar-refractivity contribution is -0.117. The van der Waals surface area contributed by atoms with E-state index in [1.807, 2.05) is 29.2 Å². The van der Waals surface area contributed by atoms with Crippen molar-refractivity contribution in [2.75, 3.05) is 18.5 Å². The molecule has 2 fully saturated rings. The van der Waals surface area contributed by atoms with Crippen LogP contribution in [0.1, 0.15) is 49.7 Å². The second-order valence-electron chi connectivity index (χ2n) is 8.12. The predicted octanol–water partition coefficient (Wildman–Crippen LogP) is 4.01. The lowest BCUT2D eigenvalue weighted by atomic mass is 10.2. The van der Waals surface area contributed by atoms with E-state index in [0.29, 0.717) is 31.5 Å². The Bertz CT molecular complexity index is 913. The van der Waals surface area contributed by atoms with Crippen LogP contribution in [0.25, 0.3) is 0 Å². The number of carbonyl (C=O) groups is 1. The largest absolute Gasteiger partial charge is 0.474 e. The molecule has 2 N–H and O–H groups in total. The van der Waals surface area contributed by atoms with E-state index in [2.05, 4.69) is 32.7 Å². The summed E-state index contributed by atoms with van der Waals surface area (Å²) in [5.41, 5.74) is 3.21. The van der Waals surface area contributed by atoms with Gasteiger partial charge in [-0.1, -0.05) is 12.1 Å². The standard InChI is InChI=1S/C24H31N5O2.HI/c1-25-24(27-16-18-8-10-20(11-9-18)29-14-4-7-23(29)30)28-17-19-12-13-26-22(15-19)31-21-5-2-3-6-21;/h8-13,15,21H,2-7,14,16-17H2,1H3,(H2,25,27,28);1H. The van der Waals surface area contributed by atoms with Gasteiger partial charge in [0, 0.05) is 51.1 Å². The summed E-state index contributed by atoms with van der Waals surface area (Å²) in [6, 6.07) is 12.1. The summed E-state index contributed by atoms with van der Waals surface area (Å²) in [5, 5.41) is 6.68. The van der Waals surface area contributed by atoms with Crippen LogP contribution >= 0.6 is 24.0 Å². The maximum atomic E-state index is 11.9. The van der Waals surface area contributed by atoms with Gasteiger partial charge in [0.15, 0.2) is 5.96 Å². The number of hydrogen-bond donors (Lipinski definition) is 2. The number of ether oxygens (including phenoxy) is 1. The molecule has 172 valence electrons. The number of hydrogen-bond acceptors (Lipinski definition) is 4. The number of benzene rings is 1. The molecule has 1 saturated carbocycles. The van der Waals surface area contributed by atoms with Crippen molar-refractivity contribution in [1.82, 2.24) is 15.6 Å². The SMILES string of the molecule is CN=C(NCc1ccc(N2CCCC2=O)cc1)NCc1ccnc(OC2CCCC2)c1.I. The van der Waals surface area contributed by atoms with Crippen molar-refractivity contribution >= 4 is 41.5 Å². The van der Waals surface area contributed by atoms with Gasteiger partial charge >= 0.3 is 0 Å². The first-order chi connectivity index (χ1) is 15.2. The minimum atomic E-state index is 0. The van der Waals surface area contributed by atoms with Gasteiger partial charge in [0.25, 0.3) is 0 Å². The molecule has 1 aliphatic heterocycles. The van der Waals surface area contributed by atoms with Crippen LogP contribution < -0.4 is 20.3 Å². The zero-order valence-corrected chi connectivity index (χ0v) is 20.9. The molecule has 4 rings (SSSR count). The Labute approximate surface area is 207 Å². The fourth-order valence-electron chi connectivity index (χ4n) is 4.11. The Kier molecular flexibility index (Phi) is 9.13. The van der Waals surface area contributed by atoms with Gasteiger partial charge < -0.3 is 20.3 Å². The molecule has 0 spiro atoms. The van der Waals surface area contributed by atoms with Crippen molar-refractivity contribution in [3.8, 4) is 5.88 Å². The average molecular weight is 549 g/mol. The lowest BCUT2D eigenvalue weighted by Gasteiger charge is -2.16. The van der Waals surface area contributed by atoms with Crippen LogP contribution in [0.3, 0.4) is 0 Å². The van der Waals surface area contributed by atoms with Crippen molar-refractivity contribution in [2.45, 2.75) is 57.7 Å². The quantitative estimate of drug-likeness (QED) is 0.310. The zero-order valence-electron chi connectivity index (χ0n) is 18.5. The third-order valence-electron chi connectivity index (χ3n) is 5.85. The molecule has 2 heterocycles. The third-order valence-corrected chi connectivity index (χ3v) is 5.85. The van der Waals surface area contributed by atoms with Gasteiger partial charge in [-0.05, 0) is 61.4 Å². The van der Waals surface area contributed by atoms with Gasteiger partial charge in [0.05, 0.1) is 0 Å². The fourth-order valence-corrected chi connectivity index (χ4v) is 4.11. The number of pyridine rings is 1. The summed E-state index contributed by atoms with van der Waals surface area (Å²) >= 11 is 0. The van der Waals surface area contributed by atoms with Crippen molar-refractivity contribution in [3.63, 3.8) is 0 Å². The molecule has 1 aliphatic carbocycles. The maximum absolute atomic E-state index is 11.9. The Morgan fingerprint density at radius 2 is 1.81 bits per heavy atom. The van der Waals surface area contributed by atoms with Crippen molar-refractivity contribution in [3.05, 3.63) is 53.7 Å². The van der Waals surface area contributed by atoms with Gasteiger partial charge in [-0.15, -0.1) is 24.0 Å². The Morgan fingerprint density at radius 1 is 1.09 bits per heavy atom. The normalized spacial score (nSPS) is 16.7. The van der Waals surface area contributed by atoms with Gasteiger partial charge in [-0.3, -0.25) is 9.79 Å². The number of guanidine groups is 1. The summed E-state index contributed by atoms with van der Waals surface area (Å²) in [6.07, 6.45) is 8.42. The van der Waals surface area contributed by atoms with E-state index in [1.54, 1.807) is 13.2 Å². The molecule has 32 heavy (non-hydrogen) atoms. The van der Waals surface area contributed by atoms with E-state index < -0.39 is 0 Å². The maximum Gasteiger partial charge on any atom is 0.227 e. The molecule has 0 radical (unpaired) electrons. The van der Waals surface area contributed by atoms with Crippen LogP contribution in [0, 0.1) is 0 Å². The molecule has 2 aliphatic rings. The van der Waals surface area contributed by atoms with Crippen LogP contribution in [0.4, 0.5) is 5.69 Å². The van der Waals surface area contributed by atoms with Crippen LogP contribution in [-0.2, 0) is 17.9 Å². The molecule has 2 aromatic rings. The van der Waals surface area contributed by atoms with Crippen molar-refractivity contribution in [1.29, 1.82) is 0 Å². The van der Waals surface area contributed by atoms with E-state index in [9.17, 15) is 4.79 Å². The minimum absolute atomic E-state index is 0. The molecular weight excluding hydrogens is 517 g/mol. The predicted molar refractivity (Wildman–Crippen MR) is 138 cm³/mol. The van der Waals surface area contributed by atoms with Crippen molar-refractivity contribution in [2.24, 2.45) is 4.99 Å². The van der Waals surface area contributed by atoms with E-state index in [0.717, 1.165) is 48.6 Å². The number of halogens is 1. The highest BCUT2D eigenvalue weighted by molar-refractivity contribution is 14.0. The molecular formula is C24H32IN5O2. The number of anilines is 1. The molecule has 1 amide bonds. The first kappa shape index (κ1) is 24.3. The monoisotopic (exact) mass is 549 g/mol. The number of aliphatic imine (C=N–C) groups is 1. The van der Waals surface area contributed by atoms with E-state index >= 15 is 0 Å². The summed E-state index contributed by atoms with van der Waals surface area (Å²) in [5.74, 6) is 1.64. The van der Waals surface area contributed by atoms with Crippen LogP contribution in [0.2, 0.25) is 0 Å². The van der Waals surface area contributed by atoms with E-state index in [-0.39, 0.29) is 29.9 Å². The van der Waals surface area contributed by atoms with Gasteiger partial charge in [-0.25, -0.2) is 4.98 Å². The Morgan fingerprint density at radius 3 is 2.47 bits per heavy atom. The van der Waals surface area contributed by atoms with Crippen molar-refractivity contribution < 1.29 is 9.53 Å². The molecule has 7 nitrogen and oxygen atoms in total.